The molecule has 1 N–H and O–H groups in total. The number of aliphatic hydroxyl groups is 1. The molecule has 1 saturated heterocycles. The van der Waals surface area contributed by atoms with Gasteiger partial charge in [-0.2, -0.15) is 0 Å². The standard InChI is InChI=1S/C27H46O2/c1-17(2)7-6-8-18(3)21-9-10-22-20-15-24-27(29-24)16-19(28)11-14-26(27,5)23(20)12-13-25(21,22)4/h17-24,28H,6-16H2,1-5H3/t18-,19-,20+,21-,22+,23+,24+,25-,26-,27-/m1/s1. The summed E-state index contributed by atoms with van der Waals surface area (Å²) in [5.74, 6) is 5.31. The summed E-state index contributed by atoms with van der Waals surface area (Å²) in [5.41, 5.74) is 0.932. The van der Waals surface area contributed by atoms with Crippen LogP contribution in [-0.2, 0) is 4.74 Å². The van der Waals surface area contributed by atoms with Gasteiger partial charge in [0, 0.05) is 11.8 Å². The van der Waals surface area contributed by atoms with Crippen molar-refractivity contribution < 1.29 is 9.84 Å². The Hall–Kier alpha value is -0.0800. The van der Waals surface area contributed by atoms with E-state index in [2.05, 4.69) is 34.6 Å². The predicted molar refractivity (Wildman–Crippen MR) is 119 cm³/mol. The third-order valence-electron chi connectivity index (χ3n) is 11.3. The molecule has 0 aromatic carbocycles. The Balaban J connectivity index is 1.33. The fraction of sp³-hybridized carbons (Fsp3) is 1.00. The minimum atomic E-state index is -0.124. The van der Waals surface area contributed by atoms with Gasteiger partial charge in [-0.1, -0.05) is 53.9 Å². The average Bonchev–Trinajstić information content (AvgIpc) is 3.22. The van der Waals surface area contributed by atoms with Gasteiger partial charge in [-0.25, -0.2) is 0 Å². The van der Waals surface area contributed by atoms with Crippen LogP contribution < -0.4 is 0 Å². The highest BCUT2D eigenvalue weighted by Gasteiger charge is 2.76. The molecule has 0 radical (unpaired) electrons. The molecule has 4 saturated carbocycles. The lowest BCUT2D eigenvalue weighted by Crippen LogP contribution is -2.58. The van der Waals surface area contributed by atoms with Gasteiger partial charge in [0.25, 0.3) is 0 Å². The second-order valence-electron chi connectivity index (χ2n) is 13.0. The molecule has 1 aliphatic heterocycles. The maximum absolute atomic E-state index is 10.4. The smallest absolute Gasteiger partial charge is 0.103 e. The number of rotatable bonds is 5. The van der Waals surface area contributed by atoms with Crippen molar-refractivity contribution in [2.45, 2.75) is 123 Å². The second-order valence-corrected chi connectivity index (χ2v) is 13.0. The Morgan fingerprint density at radius 1 is 0.966 bits per heavy atom. The zero-order valence-electron chi connectivity index (χ0n) is 19.8. The molecule has 0 aromatic rings. The molecule has 0 aromatic heterocycles. The summed E-state index contributed by atoms with van der Waals surface area (Å²) in [6, 6.07) is 0. The lowest BCUT2D eigenvalue weighted by molar-refractivity contribution is -0.116. The van der Waals surface area contributed by atoms with Gasteiger partial charge in [0.15, 0.2) is 0 Å². The maximum atomic E-state index is 10.4. The first kappa shape index (κ1) is 20.8. The minimum Gasteiger partial charge on any atom is -0.393 e. The van der Waals surface area contributed by atoms with Gasteiger partial charge in [-0.3, -0.25) is 0 Å². The van der Waals surface area contributed by atoms with Crippen LogP contribution in [-0.4, -0.2) is 22.9 Å². The molecule has 5 aliphatic rings. The molecule has 5 rings (SSSR count). The lowest BCUT2D eigenvalue weighted by Gasteiger charge is -2.59. The summed E-state index contributed by atoms with van der Waals surface area (Å²) in [4.78, 5) is 0. The SMILES string of the molecule is CC(C)CCC[C@@H](C)[C@H]1CC[C@H]2[C@@H]3C[C@@H]4O[C@]45C[C@H](O)CC[C@]5(C)[C@H]3CC[C@]12C. The van der Waals surface area contributed by atoms with Crippen LogP contribution in [0.15, 0.2) is 0 Å². The third-order valence-corrected chi connectivity index (χ3v) is 11.3. The summed E-state index contributed by atoms with van der Waals surface area (Å²) in [6.45, 7) is 12.6. The van der Waals surface area contributed by atoms with Crippen molar-refractivity contribution in [3.05, 3.63) is 0 Å². The molecule has 166 valence electrons. The van der Waals surface area contributed by atoms with Crippen molar-refractivity contribution in [1.29, 1.82) is 0 Å². The quantitative estimate of drug-likeness (QED) is 0.525. The van der Waals surface area contributed by atoms with E-state index in [1.165, 1.54) is 57.8 Å². The Labute approximate surface area is 179 Å². The Morgan fingerprint density at radius 2 is 1.76 bits per heavy atom. The Morgan fingerprint density at radius 3 is 2.52 bits per heavy atom. The van der Waals surface area contributed by atoms with Gasteiger partial charge in [0.05, 0.1) is 12.2 Å². The topological polar surface area (TPSA) is 32.8 Å². The molecule has 0 unspecified atom stereocenters. The first-order valence-corrected chi connectivity index (χ1v) is 13.1. The second kappa shape index (κ2) is 6.96. The molecular formula is C27H46O2. The maximum Gasteiger partial charge on any atom is 0.103 e. The van der Waals surface area contributed by atoms with Crippen LogP contribution in [0.5, 0.6) is 0 Å². The van der Waals surface area contributed by atoms with Crippen LogP contribution in [0.25, 0.3) is 0 Å². The number of hydrogen-bond donors (Lipinski definition) is 1. The molecule has 2 heteroatoms. The molecule has 1 heterocycles. The highest BCUT2D eigenvalue weighted by molar-refractivity contribution is 5.24. The molecule has 0 amide bonds. The van der Waals surface area contributed by atoms with Crippen LogP contribution in [0.1, 0.15) is 105 Å². The minimum absolute atomic E-state index is 0.0434. The highest BCUT2D eigenvalue weighted by Crippen LogP contribution is 2.74. The number of aliphatic hydroxyl groups excluding tert-OH is 1. The molecule has 2 nitrogen and oxygen atoms in total. The van der Waals surface area contributed by atoms with Gasteiger partial charge in [0.2, 0.25) is 0 Å². The third kappa shape index (κ3) is 2.94. The zero-order valence-corrected chi connectivity index (χ0v) is 19.8. The molecule has 29 heavy (non-hydrogen) atoms. The van der Waals surface area contributed by atoms with Crippen LogP contribution in [0, 0.1) is 46.3 Å². The van der Waals surface area contributed by atoms with E-state index >= 15 is 0 Å². The normalized spacial score (nSPS) is 54.3. The van der Waals surface area contributed by atoms with E-state index in [4.69, 9.17) is 4.74 Å². The first-order valence-electron chi connectivity index (χ1n) is 13.1. The fourth-order valence-corrected chi connectivity index (χ4v) is 9.68. The van der Waals surface area contributed by atoms with Crippen molar-refractivity contribution in [3.63, 3.8) is 0 Å². The number of ether oxygens (including phenoxy) is 1. The van der Waals surface area contributed by atoms with Crippen molar-refractivity contribution in [1.82, 2.24) is 0 Å². The summed E-state index contributed by atoms with van der Waals surface area (Å²) >= 11 is 0. The largest absolute Gasteiger partial charge is 0.393 e. The van der Waals surface area contributed by atoms with Crippen molar-refractivity contribution in [2.24, 2.45) is 46.3 Å². The van der Waals surface area contributed by atoms with Crippen molar-refractivity contribution >= 4 is 0 Å². The summed E-state index contributed by atoms with van der Waals surface area (Å²) in [6.07, 6.45) is 14.8. The van der Waals surface area contributed by atoms with Crippen LogP contribution in [0.3, 0.4) is 0 Å². The predicted octanol–water partition coefficient (Wildman–Crippen LogP) is 6.60. The van der Waals surface area contributed by atoms with Crippen LogP contribution in [0.4, 0.5) is 0 Å². The van der Waals surface area contributed by atoms with Gasteiger partial charge in [0.1, 0.15) is 5.60 Å². The first-order chi connectivity index (χ1) is 13.7. The molecule has 5 fully saturated rings. The van der Waals surface area contributed by atoms with Gasteiger partial charge in [-0.05, 0) is 85.9 Å². The molecule has 4 aliphatic carbocycles. The van der Waals surface area contributed by atoms with Gasteiger partial charge < -0.3 is 9.84 Å². The van der Waals surface area contributed by atoms with E-state index in [1.54, 1.807) is 0 Å². The van der Waals surface area contributed by atoms with Crippen molar-refractivity contribution in [2.75, 3.05) is 0 Å². The molecule has 1 spiro atoms. The van der Waals surface area contributed by atoms with E-state index in [1.807, 2.05) is 0 Å². The number of hydrogen-bond acceptors (Lipinski definition) is 2. The highest BCUT2D eigenvalue weighted by atomic mass is 16.6. The van der Waals surface area contributed by atoms with E-state index in [0.29, 0.717) is 16.9 Å². The Bertz CT molecular complexity index is 630. The van der Waals surface area contributed by atoms with E-state index in [-0.39, 0.29) is 11.7 Å². The zero-order chi connectivity index (χ0) is 20.6. The average molecular weight is 403 g/mol. The summed E-state index contributed by atoms with van der Waals surface area (Å²) in [7, 11) is 0. The Kier molecular flexibility index (Phi) is 4.99. The van der Waals surface area contributed by atoms with Crippen LogP contribution in [0.2, 0.25) is 0 Å². The van der Waals surface area contributed by atoms with E-state index < -0.39 is 0 Å². The van der Waals surface area contributed by atoms with Gasteiger partial charge in [-0.15, -0.1) is 0 Å². The van der Waals surface area contributed by atoms with E-state index in [0.717, 1.165) is 48.3 Å². The number of epoxide rings is 1. The molecule has 10 atom stereocenters. The summed E-state index contributed by atoms with van der Waals surface area (Å²) in [5, 5.41) is 10.4. The molecular weight excluding hydrogens is 356 g/mol. The van der Waals surface area contributed by atoms with E-state index in [9.17, 15) is 5.11 Å². The fourth-order valence-electron chi connectivity index (χ4n) is 9.68. The van der Waals surface area contributed by atoms with Gasteiger partial charge >= 0.3 is 0 Å². The lowest BCUT2D eigenvalue weighted by atomic mass is 9.44. The van der Waals surface area contributed by atoms with Crippen LogP contribution >= 0.6 is 0 Å². The monoisotopic (exact) mass is 402 g/mol. The number of fused-ring (bicyclic) bond motifs is 4. The van der Waals surface area contributed by atoms with Crippen molar-refractivity contribution in [3.8, 4) is 0 Å². The summed E-state index contributed by atoms with van der Waals surface area (Å²) < 4.78 is 6.51. The molecule has 0 bridgehead atoms.